The molecule has 5 aromatic rings. The van der Waals surface area contributed by atoms with Gasteiger partial charge in [-0.15, -0.1) is 0 Å². The van der Waals surface area contributed by atoms with Crippen LogP contribution in [0.4, 0.5) is 0 Å². The van der Waals surface area contributed by atoms with Crippen molar-refractivity contribution in [3.05, 3.63) is 77.2 Å². The van der Waals surface area contributed by atoms with Crippen molar-refractivity contribution < 1.29 is 8.94 Å². The maximum atomic E-state index is 12.7. The zero-order valence-electron chi connectivity index (χ0n) is 13.5. The summed E-state index contributed by atoms with van der Waals surface area (Å²) in [5.41, 5.74) is 1.97. The minimum absolute atomic E-state index is 0.124. The topological polar surface area (TPSA) is 87.0 Å². The van der Waals surface area contributed by atoms with Crippen LogP contribution in [0.5, 0.6) is 0 Å². The van der Waals surface area contributed by atoms with E-state index in [1.54, 1.807) is 0 Å². The van der Waals surface area contributed by atoms with Crippen LogP contribution in [0, 0.1) is 0 Å². The Kier molecular flexibility index (Phi) is 3.18. The normalized spacial score (nSPS) is 11.4. The van der Waals surface area contributed by atoms with E-state index in [0.717, 1.165) is 10.9 Å². The first-order valence-electron chi connectivity index (χ1n) is 8.04. The molecular weight excluding hydrogens is 332 g/mol. The van der Waals surface area contributed by atoms with Crippen molar-refractivity contribution in [2.75, 3.05) is 0 Å². The summed E-state index contributed by atoms with van der Waals surface area (Å²) < 4.78 is 12.3. The zero-order chi connectivity index (χ0) is 17.5. The average molecular weight is 344 g/mol. The van der Waals surface area contributed by atoms with Crippen LogP contribution >= 0.6 is 0 Å². The van der Waals surface area contributed by atoms with E-state index in [-0.39, 0.29) is 17.7 Å². The van der Waals surface area contributed by atoms with Crippen molar-refractivity contribution in [3.63, 3.8) is 0 Å². The fraction of sp³-hybridized carbons (Fsp3) is 0.0526. The maximum absolute atomic E-state index is 12.7. The molecular formula is C19H12N4O3. The fourth-order valence-corrected chi connectivity index (χ4v) is 2.90. The van der Waals surface area contributed by atoms with Crippen LogP contribution in [0.1, 0.15) is 5.89 Å². The Morgan fingerprint density at radius 2 is 1.81 bits per heavy atom. The van der Waals surface area contributed by atoms with Gasteiger partial charge >= 0.3 is 0 Å². The molecule has 2 aromatic carbocycles. The first-order chi connectivity index (χ1) is 12.8. The second-order valence-electron chi connectivity index (χ2n) is 5.83. The molecule has 0 fully saturated rings. The van der Waals surface area contributed by atoms with Gasteiger partial charge in [-0.05, 0) is 12.1 Å². The minimum Gasteiger partial charge on any atom is -0.448 e. The lowest BCUT2D eigenvalue weighted by molar-refractivity contribution is 0.369. The number of hydrogen-bond donors (Lipinski definition) is 0. The van der Waals surface area contributed by atoms with E-state index in [1.807, 2.05) is 54.6 Å². The van der Waals surface area contributed by atoms with Gasteiger partial charge in [-0.25, -0.2) is 4.98 Å². The highest BCUT2D eigenvalue weighted by atomic mass is 16.5. The Bertz CT molecular complexity index is 1280. The number of hydrogen-bond acceptors (Lipinski definition) is 6. The molecule has 126 valence electrons. The van der Waals surface area contributed by atoms with E-state index in [2.05, 4.69) is 15.1 Å². The average Bonchev–Trinajstić information content (AvgIpc) is 3.30. The number of para-hydroxylation sites is 1. The summed E-state index contributed by atoms with van der Waals surface area (Å²) in [4.78, 5) is 21.4. The Balaban J connectivity index is 1.54. The monoisotopic (exact) mass is 344 g/mol. The van der Waals surface area contributed by atoms with E-state index in [0.29, 0.717) is 22.8 Å². The third-order valence-electron chi connectivity index (χ3n) is 4.16. The molecule has 7 nitrogen and oxygen atoms in total. The summed E-state index contributed by atoms with van der Waals surface area (Å²) in [5, 5.41) is 4.78. The SMILES string of the molecule is O=c1c2oc3ccccc3c2ncn1Cc1nc(-c2ccccc2)no1. The van der Waals surface area contributed by atoms with Crippen molar-refractivity contribution >= 4 is 22.1 Å². The van der Waals surface area contributed by atoms with Gasteiger partial charge in [0.15, 0.2) is 0 Å². The maximum Gasteiger partial charge on any atom is 0.297 e. The quantitative estimate of drug-likeness (QED) is 0.499. The standard InChI is InChI=1S/C19H12N4O3/c24-19-17-16(13-8-4-5-9-14(13)25-17)20-11-23(19)10-15-21-18(22-26-15)12-6-2-1-3-7-12/h1-9,11H,10H2. The van der Waals surface area contributed by atoms with Gasteiger partial charge in [-0.1, -0.05) is 47.6 Å². The smallest absolute Gasteiger partial charge is 0.297 e. The summed E-state index contributed by atoms with van der Waals surface area (Å²) >= 11 is 0. The van der Waals surface area contributed by atoms with Crippen LogP contribution in [0.15, 0.2) is 74.7 Å². The second kappa shape index (κ2) is 5.66. The van der Waals surface area contributed by atoms with Gasteiger partial charge in [0.2, 0.25) is 17.3 Å². The molecule has 5 rings (SSSR count). The molecule has 0 aliphatic rings. The van der Waals surface area contributed by atoms with E-state index in [1.165, 1.54) is 10.9 Å². The highest BCUT2D eigenvalue weighted by Crippen LogP contribution is 2.24. The Hall–Kier alpha value is -3.74. The molecule has 0 aliphatic carbocycles. The number of nitrogens with zero attached hydrogens (tertiary/aromatic N) is 4. The van der Waals surface area contributed by atoms with Crippen LogP contribution in [0.2, 0.25) is 0 Å². The lowest BCUT2D eigenvalue weighted by Gasteiger charge is -2.00. The molecule has 0 amide bonds. The Morgan fingerprint density at radius 3 is 2.69 bits per heavy atom. The van der Waals surface area contributed by atoms with E-state index < -0.39 is 0 Å². The van der Waals surface area contributed by atoms with Crippen molar-refractivity contribution in [3.8, 4) is 11.4 Å². The summed E-state index contributed by atoms with van der Waals surface area (Å²) in [6, 6.07) is 16.9. The predicted octanol–water partition coefficient (Wildman–Crippen LogP) is 3.24. The van der Waals surface area contributed by atoms with Gasteiger partial charge in [-0.3, -0.25) is 9.36 Å². The van der Waals surface area contributed by atoms with Crippen molar-refractivity contribution in [1.29, 1.82) is 0 Å². The lowest BCUT2D eigenvalue weighted by Crippen LogP contribution is -2.20. The second-order valence-corrected chi connectivity index (χ2v) is 5.83. The number of furan rings is 1. The van der Waals surface area contributed by atoms with E-state index in [4.69, 9.17) is 8.94 Å². The van der Waals surface area contributed by atoms with Crippen molar-refractivity contribution in [1.82, 2.24) is 19.7 Å². The van der Waals surface area contributed by atoms with Crippen LogP contribution in [0.3, 0.4) is 0 Å². The molecule has 0 atom stereocenters. The van der Waals surface area contributed by atoms with Gasteiger partial charge in [0.05, 0.1) is 6.33 Å². The molecule has 0 saturated carbocycles. The molecule has 0 aliphatic heterocycles. The van der Waals surface area contributed by atoms with Gasteiger partial charge < -0.3 is 8.94 Å². The summed E-state index contributed by atoms with van der Waals surface area (Å²) in [6.07, 6.45) is 1.47. The Morgan fingerprint density at radius 1 is 1.00 bits per heavy atom. The Labute approximate surface area is 146 Å². The molecule has 3 heterocycles. The first-order valence-corrected chi connectivity index (χ1v) is 8.04. The molecule has 0 unspecified atom stereocenters. The van der Waals surface area contributed by atoms with Crippen molar-refractivity contribution in [2.45, 2.75) is 6.54 Å². The van der Waals surface area contributed by atoms with Gasteiger partial charge in [-0.2, -0.15) is 4.98 Å². The van der Waals surface area contributed by atoms with Crippen molar-refractivity contribution in [2.24, 2.45) is 0 Å². The van der Waals surface area contributed by atoms with Crippen LogP contribution in [0.25, 0.3) is 33.5 Å². The van der Waals surface area contributed by atoms with Crippen LogP contribution in [-0.2, 0) is 6.54 Å². The first kappa shape index (κ1) is 14.6. The highest BCUT2D eigenvalue weighted by Gasteiger charge is 2.15. The molecule has 0 saturated heterocycles. The third kappa shape index (κ3) is 2.29. The highest BCUT2D eigenvalue weighted by molar-refractivity contribution is 6.01. The molecule has 0 bridgehead atoms. The molecule has 26 heavy (non-hydrogen) atoms. The predicted molar refractivity (Wildman–Crippen MR) is 94.6 cm³/mol. The number of fused-ring (bicyclic) bond motifs is 3. The third-order valence-corrected chi connectivity index (χ3v) is 4.16. The molecule has 3 aromatic heterocycles. The summed E-state index contributed by atoms with van der Waals surface area (Å²) in [6.45, 7) is 0.124. The van der Waals surface area contributed by atoms with Gasteiger partial charge in [0, 0.05) is 10.9 Å². The number of aromatic nitrogens is 4. The number of rotatable bonds is 3. The van der Waals surface area contributed by atoms with Gasteiger partial charge in [0.1, 0.15) is 17.6 Å². The lowest BCUT2D eigenvalue weighted by atomic mass is 10.2. The van der Waals surface area contributed by atoms with E-state index >= 15 is 0 Å². The summed E-state index contributed by atoms with van der Waals surface area (Å²) in [7, 11) is 0. The largest absolute Gasteiger partial charge is 0.448 e. The molecule has 0 spiro atoms. The fourth-order valence-electron chi connectivity index (χ4n) is 2.90. The van der Waals surface area contributed by atoms with Gasteiger partial charge in [0.25, 0.3) is 5.56 Å². The van der Waals surface area contributed by atoms with E-state index in [9.17, 15) is 4.79 Å². The number of benzene rings is 2. The molecule has 0 radical (unpaired) electrons. The van der Waals surface area contributed by atoms with Crippen LogP contribution < -0.4 is 5.56 Å². The molecule has 7 heteroatoms. The zero-order valence-corrected chi connectivity index (χ0v) is 13.5. The summed E-state index contributed by atoms with van der Waals surface area (Å²) in [5.74, 6) is 0.801. The van der Waals surface area contributed by atoms with Crippen LogP contribution in [-0.4, -0.2) is 19.7 Å². The molecule has 0 N–H and O–H groups in total. The minimum atomic E-state index is -0.286.